The second kappa shape index (κ2) is 9.20. The van der Waals surface area contributed by atoms with Crippen molar-refractivity contribution in [3.8, 4) is 0 Å². The van der Waals surface area contributed by atoms with E-state index in [-0.39, 0.29) is 11.9 Å². The topological polar surface area (TPSA) is 87.5 Å². The van der Waals surface area contributed by atoms with Crippen molar-refractivity contribution in [1.82, 2.24) is 20.0 Å². The summed E-state index contributed by atoms with van der Waals surface area (Å²) in [7, 11) is 1.68. The van der Waals surface area contributed by atoms with Crippen LogP contribution in [0.15, 0.2) is 23.7 Å². The van der Waals surface area contributed by atoms with E-state index < -0.39 is 12.1 Å². The zero-order valence-electron chi connectivity index (χ0n) is 15.4. The number of nitrogens with one attached hydrogen (secondary N) is 1. The first-order valence-electron chi connectivity index (χ1n) is 8.40. The summed E-state index contributed by atoms with van der Waals surface area (Å²) in [5, 5.41) is 16.4. The van der Waals surface area contributed by atoms with Crippen LogP contribution in [0.5, 0.6) is 0 Å². The van der Waals surface area contributed by atoms with E-state index in [2.05, 4.69) is 33.7 Å². The van der Waals surface area contributed by atoms with Crippen molar-refractivity contribution in [2.45, 2.75) is 38.7 Å². The molecule has 1 aliphatic rings. The van der Waals surface area contributed by atoms with Gasteiger partial charge in [0.25, 0.3) is 0 Å². The maximum Gasteiger partial charge on any atom is 0.490 e. The Kier molecular flexibility index (Phi) is 7.19. The predicted molar refractivity (Wildman–Crippen MR) is 96.8 cm³/mol. The number of hydrogen-bond donors (Lipinski definition) is 2. The molecule has 154 valence electrons. The lowest BCUT2D eigenvalue weighted by Gasteiger charge is -2.33. The van der Waals surface area contributed by atoms with Gasteiger partial charge in [0.15, 0.2) is 0 Å². The van der Waals surface area contributed by atoms with E-state index in [1.807, 2.05) is 16.9 Å². The summed E-state index contributed by atoms with van der Waals surface area (Å²) >= 11 is 1.80. The standard InChI is InChI=1S/C15H20N4OS.C2HF3O2/c1-11-4-6-21-14(11)10-18-8-12-3-5-17-19(12)13(9-18)7-15(20)16-2;3-2(4,5)1(6)7/h3-6,13H,7-10H2,1-2H3,(H,16,20);(H,6,7). The van der Waals surface area contributed by atoms with Crippen LogP contribution in [0.1, 0.15) is 28.6 Å². The molecule has 0 saturated heterocycles. The van der Waals surface area contributed by atoms with Gasteiger partial charge in [-0.3, -0.25) is 14.4 Å². The average molecular weight is 418 g/mol. The lowest BCUT2D eigenvalue weighted by atomic mass is 10.1. The van der Waals surface area contributed by atoms with Gasteiger partial charge in [-0.1, -0.05) is 0 Å². The highest BCUT2D eigenvalue weighted by atomic mass is 32.1. The second-order valence-corrected chi connectivity index (χ2v) is 7.30. The number of aromatic nitrogens is 2. The molecule has 0 saturated carbocycles. The lowest BCUT2D eigenvalue weighted by Crippen LogP contribution is -2.39. The van der Waals surface area contributed by atoms with Crippen molar-refractivity contribution in [3.05, 3.63) is 39.8 Å². The molecular weight excluding hydrogens is 397 g/mol. The minimum absolute atomic E-state index is 0.0654. The number of nitrogens with zero attached hydrogens (tertiary/aromatic N) is 3. The number of thiophene rings is 1. The number of alkyl halides is 3. The molecule has 0 fully saturated rings. The Hall–Kier alpha value is -2.40. The second-order valence-electron chi connectivity index (χ2n) is 6.30. The van der Waals surface area contributed by atoms with Crippen molar-refractivity contribution in [3.63, 3.8) is 0 Å². The van der Waals surface area contributed by atoms with Gasteiger partial charge in [0.1, 0.15) is 0 Å². The van der Waals surface area contributed by atoms with Crippen molar-refractivity contribution in [2.75, 3.05) is 13.6 Å². The fraction of sp³-hybridized carbons (Fsp3) is 0.471. The van der Waals surface area contributed by atoms with Crippen LogP contribution < -0.4 is 5.32 Å². The summed E-state index contributed by atoms with van der Waals surface area (Å²) in [6.45, 7) is 4.85. The Morgan fingerprint density at radius 2 is 2.07 bits per heavy atom. The van der Waals surface area contributed by atoms with Gasteiger partial charge >= 0.3 is 12.1 Å². The minimum Gasteiger partial charge on any atom is -0.475 e. The van der Waals surface area contributed by atoms with Crippen LogP contribution in [0.4, 0.5) is 13.2 Å². The van der Waals surface area contributed by atoms with Crippen LogP contribution in [-0.4, -0.2) is 51.4 Å². The molecule has 3 rings (SSSR count). The van der Waals surface area contributed by atoms with E-state index in [1.54, 1.807) is 18.4 Å². The summed E-state index contributed by atoms with van der Waals surface area (Å²) in [6, 6.07) is 4.32. The molecule has 0 radical (unpaired) electrons. The summed E-state index contributed by atoms with van der Waals surface area (Å²) in [5.74, 6) is -2.69. The molecule has 1 unspecified atom stereocenters. The first-order valence-corrected chi connectivity index (χ1v) is 9.28. The van der Waals surface area contributed by atoms with E-state index in [9.17, 15) is 18.0 Å². The largest absolute Gasteiger partial charge is 0.490 e. The molecule has 2 aromatic rings. The number of carbonyl (C=O) groups is 2. The van der Waals surface area contributed by atoms with E-state index in [0.717, 1.165) is 19.6 Å². The quantitative estimate of drug-likeness (QED) is 0.797. The SMILES string of the molecule is CNC(=O)CC1CN(Cc2sccc2C)Cc2ccnn21.O=C(O)C(F)(F)F. The molecule has 0 aromatic carbocycles. The number of carbonyl (C=O) groups excluding carboxylic acids is 1. The number of aryl methyl sites for hydroxylation is 1. The molecule has 3 heterocycles. The van der Waals surface area contributed by atoms with Gasteiger partial charge in [0, 0.05) is 37.8 Å². The maximum atomic E-state index is 11.7. The molecule has 11 heteroatoms. The van der Waals surface area contributed by atoms with Crippen LogP contribution in [0.3, 0.4) is 0 Å². The Balaban J connectivity index is 0.000000345. The smallest absolute Gasteiger partial charge is 0.475 e. The number of hydrogen-bond acceptors (Lipinski definition) is 5. The molecule has 2 aromatic heterocycles. The van der Waals surface area contributed by atoms with Crippen LogP contribution in [0.25, 0.3) is 0 Å². The van der Waals surface area contributed by atoms with Crippen LogP contribution in [-0.2, 0) is 22.7 Å². The average Bonchev–Trinajstić information content (AvgIpc) is 3.24. The zero-order chi connectivity index (χ0) is 20.9. The number of aliphatic carboxylic acids is 1. The number of halogens is 3. The zero-order valence-corrected chi connectivity index (χ0v) is 16.2. The summed E-state index contributed by atoms with van der Waals surface area (Å²) in [4.78, 5) is 24.4. The van der Waals surface area contributed by atoms with E-state index >= 15 is 0 Å². The normalized spacial score (nSPS) is 16.7. The van der Waals surface area contributed by atoms with Gasteiger partial charge in [-0.05, 0) is 30.0 Å². The molecule has 0 aliphatic carbocycles. The van der Waals surface area contributed by atoms with E-state index in [1.165, 1.54) is 16.1 Å². The molecule has 1 atom stereocenters. The Bertz CT molecular complexity index is 819. The fourth-order valence-electron chi connectivity index (χ4n) is 2.82. The number of carboxylic acids is 1. The maximum absolute atomic E-state index is 11.7. The predicted octanol–water partition coefficient (Wildman–Crippen LogP) is 2.58. The molecule has 1 aliphatic heterocycles. The Morgan fingerprint density at radius 1 is 1.39 bits per heavy atom. The van der Waals surface area contributed by atoms with Gasteiger partial charge in [-0.25, -0.2) is 4.79 Å². The van der Waals surface area contributed by atoms with Gasteiger partial charge < -0.3 is 10.4 Å². The highest BCUT2D eigenvalue weighted by Gasteiger charge is 2.38. The van der Waals surface area contributed by atoms with Crippen molar-refractivity contribution < 1.29 is 27.9 Å². The van der Waals surface area contributed by atoms with Gasteiger partial charge in [-0.2, -0.15) is 18.3 Å². The molecular formula is C17H21F3N4O3S. The minimum atomic E-state index is -5.08. The van der Waals surface area contributed by atoms with Crippen LogP contribution in [0, 0.1) is 6.92 Å². The van der Waals surface area contributed by atoms with Gasteiger partial charge in [-0.15, -0.1) is 11.3 Å². The number of fused-ring (bicyclic) bond motifs is 1. The number of rotatable bonds is 4. The lowest BCUT2D eigenvalue weighted by molar-refractivity contribution is -0.192. The first kappa shape index (κ1) is 21.9. The highest BCUT2D eigenvalue weighted by Crippen LogP contribution is 2.26. The Labute approximate surface area is 163 Å². The summed E-state index contributed by atoms with van der Waals surface area (Å²) < 4.78 is 33.7. The van der Waals surface area contributed by atoms with Crippen molar-refractivity contribution in [1.29, 1.82) is 0 Å². The fourth-order valence-corrected chi connectivity index (χ4v) is 3.77. The molecule has 1 amide bonds. The third-order valence-corrected chi connectivity index (χ3v) is 5.24. The first-order chi connectivity index (χ1) is 13.1. The third-order valence-electron chi connectivity index (χ3n) is 4.23. The van der Waals surface area contributed by atoms with Crippen LogP contribution in [0.2, 0.25) is 0 Å². The molecule has 28 heavy (non-hydrogen) atoms. The highest BCUT2D eigenvalue weighted by molar-refractivity contribution is 7.10. The van der Waals surface area contributed by atoms with Crippen molar-refractivity contribution in [2.24, 2.45) is 0 Å². The summed E-state index contributed by atoms with van der Waals surface area (Å²) in [5.41, 5.74) is 2.53. The Morgan fingerprint density at radius 3 is 2.61 bits per heavy atom. The number of amides is 1. The molecule has 2 N–H and O–H groups in total. The molecule has 7 nitrogen and oxygen atoms in total. The summed E-state index contributed by atoms with van der Waals surface area (Å²) in [6.07, 6.45) is -2.78. The van der Waals surface area contributed by atoms with E-state index in [0.29, 0.717) is 6.42 Å². The number of carboxylic acid groups (broad SMARTS) is 1. The van der Waals surface area contributed by atoms with E-state index in [4.69, 9.17) is 9.90 Å². The molecule has 0 spiro atoms. The third kappa shape index (κ3) is 5.80. The van der Waals surface area contributed by atoms with Gasteiger partial charge in [0.2, 0.25) is 5.91 Å². The van der Waals surface area contributed by atoms with Gasteiger partial charge in [0.05, 0.1) is 18.2 Å². The monoisotopic (exact) mass is 418 g/mol. The van der Waals surface area contributed by atoms with Crippen molar-refractivity contribution >= 4 is 23.2 Å². The van der Waals surface area contributed by atoms with Crippen LogP contribution >= 0.6 is 11.3 Å². The molecule has 0 bridgehead atoms.